The Kier molecular flexibility index (Phi) is 3.20. The van der Waals surface area contributed by atoms with Gasteiger partial charge in [0.25, 0.3) is 0 Å². The summed E-state index contributed by atoms with van der Waals surface area (Å²) >= 11 is 0. The third-order valence-corrected chi connectivity index (χ3v) is 3.68. The molecule has 0 saturated carbocycles. The Labute approximate surface area is 103 Å². The Morgan fingerprint density at radius 3 is 2.65 bits per heavy atom. The molecular weight excluding hydrogens is 212 g/mol. The number of nitrogens with one attached hydrogen (secondary N) is 1. The number of hydrogen-bond donors (Lipinski definition) is 1. The van der Waals surface area contributed by atoms with Crippen molar-refractivity contribution < 1.29 is 4.79 Å². The van der Waals surface area contributed by atoms with E-state index in [-0.39, 0.29) is 12.1 Å². The maximum atomic E-state index is 12.4. The van der Waals surface area contributed by atoms with Gasteiger partial charge in [0.15, 0.2) is 5.69 Å². The second-order valence-electron chi connectivity index (χ2n) is 4.99. The van der Waals surface area contributed by atoms with E-state index in [2.05, 4.69) is 32.2 Å². The minimum absolute atomic E-state index is 0.120. The first-order valence-electron chi connectivity index (χ1n) is 6.41. The van der Waals surface area contributed by atoms with Gasteiger partial charge >= 0.3 is 6.03 Å². The van der Waals surface area contributed by atoms with Crippen LogP contribution in [0.4, 0.5) is 16.2 Å². The topological polar surface area (TPSA) is 29.1 Å². The molecule has 3 nitrogen and oxygen atoms in total. The molecule has 0 fully saturated rings. The molecule has 92 valence electrons. The zero-order valence-electron chi connectivity index (χ0n) is 10.9. The van der Waals surface area contributed by atoms with E-state index in [0.29, 0.717) is 4.48 Å². The van der Waals surface area contributed by atoms with Crippen LogP contribution >= 0.6 is 0 Å². The first-order chi connectivity index (χ1) is 8.13. The zero-order chi connectivity index (χ0) is 12.5. The minimum atomic E-state index is 0.120. The van der Waals surface area contributed by atoms with Crippen LogP contribution < -0.4 is 9.80 Å². The average Bonchev–Trinajstić information content (AvgIpc) is 2.59. The van der Waals surface area contributed by atoms with E-state index in [1.807, 2.05) is 18.2 Å². The maximum Gasteiger partial charge on any atom is 0.426 e. The van der Waals surface area contributed by atoms with Crippen molar-refractivity contribution in [1.29, 1.82) is 0 Å². The highest BCUT2D eigenvalue weighted by molar-refractivity contribution is 6.08. The van der Waals surface area contributed by atoms with Crippen LogP contribution in [0, 0.1) is 0 Å². The lowest BCUT2D eigenvalue weighted by molar-refractivity contribution is 0.201. The lowest BCUT2D eigenvalue weighted by Gasteiger charge is -2.34. The van der Waals surface area contributed by atoms with E-state index in [0.717, 1.165) is 30.8 Å². The van der Waals surface area contributed by atoms with Crippen LogP contribution in [0.5, 0.6) is 0 Å². The summed E-state index contributed by atoms with van der Waals surface area (Å²) in [7, 11) is 0. The number of benzene rings is 1. The number of fused-ring (bicyclic) bond motifs is 1. The van der Waals surface area contributed by atoms with Gasteiger partial charge in [-0.3, -0.25) is 5.32 Å². The molecule has 1 aromatic rings. The molecule has 1 unspecified atom stereocenters. The third-order valence-electron chi connectivity index (χ3n) is 3.68. The van der Waals surface area contributed by atoms with Gasteiger partial charge in [0.05, 0.1) is 12.6 Å². The maximum absolute atomic E-state index is 12.4. The predicted molar refractivity (Wildman–Crippen MR) is 72.2 cm³/mol. The molecule has 1 aromatic carbocycles. The molecule has 1 N–H and O–H groups in total. The molecule has 1 aliphatic heterocycles. The van der Waals surface area contributed by atoms with E-state index >= 15 is 0 Å². The van der Waals surface area contributed by atoms with E-state index in [4.69, 9.17) is 0 Å². The minimum Gasteiger partial charge on any atom is -0.269 e. The highest BCUT2D eigenvalue weighted by atomic mass is 16.2. The summed E-state index contributed by atoms with van der Waals surface area (Å²) in [6.07, 6.45) is 2.18. The molecule has 3 heteroatoms. The molecule has 1 aliphatic rings. The second-order valence-corrected chi connectivity index (χ2v) is 4.99. The van der Waals surface area contributed by atoms with Crippen LogP contribution in [0.15, 0.2) is 24.3 Å². The van der Waals surface area contributed by atoms with Gasteiger partial charge in [-0.25, -0.2) is 9.28 Å². The average molecular weight is 233 g/mol. The fourth-order valence-electron chi connectivity index (χ4n) is 2.65. The predicted octanol–water partition coefficient (Wildman–Crippen LogP) is 3.75. The summed E-state index contributed by atoms with van der Waals surface area (Å²) < 4.78 is 0.448. The van der Waals surface area contributed by atoms with Gasteiger partial charge in [-0.05, 0) is 26.3 Å². The Morgan fingerprint density at radius 1 is 1.29 bits per heavy atom. The summed E-state index contributed by atoms with van der Waals surface area (Å²) in [6, 6.07) is 8.43. The van der Waals surface area contributed by atoms with Gasteiger partial charge in [-0.15, -0.1) is 0 Å². The number of para-hydroxylation sites is 2. The number of hydrogen-bond acceptors (Lipinski definition) is 1. The summed E-state index contributed by atoms with van der Waals surface area (Å²) in [4.78, 5) is 12.4. The van der Waals surface area contributed by atoms with Gasteiger partial charge < -0.3 is 0 Å². The van der Waals surface area contributed by atoms with Crippen LogP contribution in [0.25, 0.3) is 0 Å². The second kappa shape index (κ2) is 4.49. The van der Waals surface area contributed by atoms with Gasteiger partial charge in [0.2, 0.25) is 0 Å². The Bertz CT molecular complexity index is 428. The molecule has 0 aromatic heterocycles. The van der Waals surface area contributed by atoms with E-state index in [9.17, 15) is 4.79 Å². The summed E-state index contributed by atoms with van der Waals surface area (Å²) in [5, 5.41) is 3.01. The fourth-order valence-corrected chi connectivity index (χ4v) is 2.65. The largest absolute Gasteiger partial charge is 0.426 e. The van der Waals surface area contributed by atoms with Gasteiger partial charge in [0, 0.05) is 6.07 Å². The molecule has 0 bridgehead atoms. The van der Waals surface area contributed by atoms with Crippen LogP contribution in [0.3, 0.4) is 0 Å². The smallest absolute Gasteiger partial charge is 0.269 e. The van der Waals surface area contributed by atoms with E-state index < -0.39 is 0 Å². The number of carbonyl (C=O) groups excluding carboxylic acids is 1. The van der Waals surface area contributed by atoms with Crippen molar-refractivity contribution in [1.82, 2.24) is 4.48 Å². The number of urea groups is 1. The zero-order valence-corrected chi connectivity index (χ0v) is 10.9. The first kappa shape index (κ1) is 12.1. The number of rotatable bonds is 4. The molecule has 1 heterocycles. The third kappa shape index (κ3) is 1.75. The molecule has 0 aliphatic carbocycles. The molecule has 0 radical (unpaired) electrons. The van der Waals surface area contributed by atoms with Crippen LogP contribution in [-0.4, -0.2) is 18.6 Å². The quantitative estimate of drug-likeness (QED) is 0.788. The standard InChI is InChI=1S/C14H20N2O/c1-4-5-10-16(11(2)3)13-9-7-6-8-12(13)15-14(16)17/h6-9,11H,4-5,10H2,1-3H3/p+1. The van der Waals surface area contributed by atoms with Crippen molar-refractivity contribution in [3.8, 4) is 0 Å². The van der Waals surface area contributed by atoms with Gasteiger partial charge in [-0.1, -0.05) is 25.5 Å². The van der Waals surface area contributed by atoms with E-state index in [1.54, 1.807) is 0 Å². The molecule has 0 spiro atoms. The summed E-state index contributed by atoms with van der Waals surface area (Å²) in [5.74, 6) is 0. The number of amides is 2. The Morgan fingerprint density at radius 2 is 2.00 bits per heavy atom. The number of carbonyl (C=O) groups is 1. The molecule has 2 rings (SSSR count). The van der Waals surface area contributed by atoms with Crippen molar-refractivity contribution in [2.24, 2.45) is 0 Å². The summed E-state index contributed by atoms with van der Waals surface area (Å²) in [6.45, 7) is 7.29. The number of anilines is 1. The molecule has 0 saturated heterocycles. The van der Waals surface area contributed by atoms with Crippen molar-refractivity contribution in [3.63, 3.8) is 0 Å². The molecule has 17 heavy (non-hydrogen) atoms. The number of unbranched alkanes of at least 4 members (excludes halogenated alkanes) is 1. The normalized spacial score (nSPS) is 22.7. The fraction of sp³-hybridized carbons (Fsp3) is 0.500. The van der Waals surface area contributed by atoms with Gasteiger partial charge in [-0.2, -0.15) is 0 Å². The summed E-state index contributed by atoms with van der Waals surface area (Å²) in [5.41, 5.74) is 2.10. The van der Waals surface area contributed by atoms with Crippen molar-refractivity contribution in [2.45, 2.75) is 39.7 Å². The van der Waals surface area contributed by atoms with Crippen molar-refractivity contribution >= 4 is 17.4 Å². The van der Waals surface area contributed by atoms with Crippen molar-refractivity contribution in [2.75, 3.05) is 11.9 Å². The van der Waals surface area contributed by atoms with Gasteiger partial charge in [0.1, 0.15) is 5.69 Å². The number of nitrogens with zero attached hydrogens (tertiary/aromatic N) is 1. The number of quaternary nitrogens is 1. The van der Waals surface area contributed by atoms with Crippen LogP contribution in [-0.2, 0) is 0 Å². The van der Waals surface area contributed by atoms with Crippen LogP contribution in [0.2, 0.25) is 0 Å². The van der Waals surface area contributed by atoms with Crippen LogP contribution in [0.1, 0.15) is 33.6 Å². The lowest BCUT2D eigenvalue weighted by Crippen LogP contribution is -2.57. The molecule has 2 amide bonds. The first-order valence-corrected chi connectivity index (χ1v) is 6.41. The lowest BCUT2D eigenvalue weighted by atomic mass is 10.1. The SMILES string of the molecule is CCCC[N+]1(C(C)C)C(=O)Nc2ccccc21. The highest BCUT2D eigenvalue weighted by Crippen LogP contribution is 2.40. The van der Waals surface area contributed by atoms with E-state index in [1.165, 1.54) is 0 Å². The van der Waals surface area contributed by atoms with Crippen molar-refractivity contribution in [3.05, 3.63) is 24.3 Å². The Balaban J connectivity index is 2.48. The Hall–Kier alpha value is -1.35. The molecule has 1 atom stereocenters. The highest BCUT2D eigenvalue weighted by Gasteiger charge is 2.48. The molecular formula is C14H21N2O+. The monoisotopic (exact) mass is 233 g/mol.